The molecule has 2 heterocycles. The summed E-state index contributed by atoms with van der Waals surface area (Å²) in [5, 5.41) is 15.1. The van der Waals surface area contributed by atoms with E-state index in [4.69, 9.17) is 0 Å². The monoisotopic (exact) mass is 433 g/mol. The number of aromatic amines is 1. The van der Waals surface area contributed by atoms with Crippen molar-refractivity contribution in [3.63, 3.8) is 0 Å². The molecule has 4 rings (SSSR count). The molecule has 0 atom stereocenters. The molecule has 0 aliphatic rings. The van der Waals surface area contributed by atoms with E-state index in [-0.39, 0.29) is 22.8 Å². The Bertz CT molecular complexity index is 1430. The zero-order valence-electron chi connectivity index (χ0n) is 17.1. The summed E-state index contributed by atoms with van der Waals surface area (Å²) >= 11 is 0. The first kappa shape index (κ1) is 20.7. The van der Waals surface area contributed by atoms with Gasteiger partial charge in [0.05, 0.1) is 11.1 Å². The van der Waals surface area contributed by atoms with Crippen molar-refractivity contribution in [1.82, 2.24) is 19.1 Å². The number of aromatic nitrogens is 4. The molecular weight excluding hydrogens is 414 g/mol. The Balaban J connectivity index is 1.69. The topological polar surface area (TPSA) is 140 Å². The van der Waals surface area contributed by atoms with E-state index in [0.717, 1.165) is 5.56 Å². The SMILES string of the molecule is Cn1c(=O)[nH]c(=O)c2c1nc(N/N=C\c1cccc([N+](=O)[O-])c1)n2CCc1ccccc1. The van der Waals surface area contributed by atoms with Crippen LogP contribution in [0.4, 0.5) is 11.6 Å². The highest BCUT2D eigenvalue weighted by atomic mass is 16.6. The van der Waals surface area contributed by atoms with Crippen molar-refractivity contribution in [2.75, 3.05) is 5.43 Å². The van der Waals surface area contributed by atoms with Gasteiger partial charge < -0.3 is 4.57 Å². The van der Waals surface area contributed by atoms with Crippen molar-refractivity contribution in [2.45, 2.75) is 13.0 Å². The molecule has 0 fully saturated rings. The Hall–Kier alpha value is -4.54. The number of non-ortho nitro benzene ring substituents is 1. The molecule has 0 spiro atoms. The van der Waals surface area contributed by atoms with Gasteiger partial charge in [0.1, 0.15) is 0 Å². The second-order valence-electron chi connectivity index (χ2n) is 7.04. The molecule has 11 nitrogen and oxygen atoms in total. The normalized spacial score (nSPS) is 11.3. The lowest BCUT2D eigenvalue weighted by Gasteiger charge is -2.08. The number of hydrogen-bond donors (Lipinski definition) is 2. The molecular formula is C21H19N7O4. The molecule has 0 aliphatic carbocycles. The lowest BCUT2D eigenvalue weighted by atomic mass is 10.1. The number of nitrogens with one attached hydrogen (secondary N) is 2. The third kappa shape index (κ3) is 4.17. The van der Waals surface area contributed by atoms with Gasteiger partial charge in [0, 0.05) is 31.3 Å². The summed E-state index contributed by atoms with van der Waals surface area (Å²) in [6.07, 6.45) is 2.04. The van der Waals surface area contributed by atoms with Crippen LogP contribution in [0.3, 0.4) is 0 Å². The fourth-order valence-electron chi connectivity index (χ4n) is 3.31. The summed E-state index contributed by atoms with van der Waals surface area (Å²) in [6, 6.07) is 15.7. The van der Waals surface area contributed by atoms with E-state index in [1.54, 1.807) is 16.7 Å². The summed E-state index contributed by atoms with van der Waals surface area (Å²) in [5.41, 5.74) is 3.69. The number of rotatable bonds is 7. The van der Waals surface area contributed by atoms with E-state index in [1.165, 1.54) is 30.0 Å². The van der Waals surface area contributed by atoms with Gasteiger partial charge in [-0.05, 0) is 12.0 Å². The molecule has 0 saturated carbocycles. The second kappa shape index (κ2) is 8.68. The van der Waals surface area contributed by atoms with Crippen molar-refractivity contribution < 1.29 is 4.92 Å². The van der Waals surface area contributed by atoms with E-state index < -0.39 is 16.2 Å². The first-order valence-electron chi connectivity index (χ1n) is 9.71. The Morgan fingerprint density at radius 1 is 1.19 bits per heavy atom. The minimum absolute atomic E-state index is 0.0504. The predicted molar refractivity (Wildman–Crippen MR) is 120 cm³/mol. The number of nitro groups is 1. The number of hydrogen-bond acceptors (Lipinski definition) is 7. The highest BCUT2D eigenvalue weighted by Crippen LogP contribution is 2.17. The van der Waals surface area contributed by atoms with Gasteiger partial charge in [-0.15, -0.1) is 0 Å². The minimum atomic E-state index is -0.568. The van der Waals surface area contributed by atoms with Crippen LogP contribution in [-0.4, -0.2) is 30.2 Å². The summed E-state index contributed by atoms with van der Waals surface area (Å²) in [4.78, 5) is 41.7. The molecule has 11 heteroatoms. The van der Waals surface area contributed by atoms with Crippen molar-refractivity contribution in [1.29, 1.82) is 0 Å². The van der Waals surface area contributed by atoms with Crippen molar-refractivity contribution >= 4 is 29.0 Å². The number of fused-ring (bicyclic) bond motifs is 1. The van der Waals surface area contributed by atoms with Crippen molar-refractivity contribution in [3.05, 3.63) is 96.7 Å². The summed E-state index contributed by atoms with van der Waals surface area (Å²) in [7, 11) is 1.52. The Kier molecular flexibility index (Phi) is 5.62. The molecule has 0 radical (unpaired) electrons. The fraction of sp³-hybridized carbons (Fsp3) is 0.143. The van der Waals surface area contributed by atoms with Crippen LogP contribution in [0.1, 0.15) is 11.1 Å². The van der Waals surface area contributed by atoms with Gasteiger partial charge in [0.2, 0.25) is 5.95 Å². The van der Waals surface area contributed by atoms with Gasteiger partial charge in [0.15, 0.2) is 11.2 Å². The van der Waals surface area contributed by atoms with Gasteiger partial charge in [-0.25, -0.2) is 10.2 Å². The molecule has 4 aromatic rings. The highest BCUT2D eigenvalue weighted by molar-refractivity contribution is 5.81. The minimum Gasteiger partial charge on any atom is -0.303 e. The van der Waals surface area contributed by atoms with Gasteiger partial charge in [0.25, 0.3) is 11.2 Å². The third-order valence-corrected chi connectivity index (χ3v) is 4.93. The van der Waals surface area contributed by atoms with Crippen LogP contribution in [0.5, 0.6) is 0 Å². The standard InChI is InChI=1S/C21H19N7O4/c1-26-18-17(19(29)24-21(26)30)27(11-10-14-6-3-2-4-7-14)20(23-18)25-22-13-15-8-5-9-16(12-15)28(31)32/h2-9,12-13H,10-11H2,1H3,(H,23,25)(H,24,29,30)/b22-13-. The van der Waals surface area contributed by atoms with Gasteiger partial charge in [-0.2, -0.15) is 10.1 Å². The molecule has 2 aromatic carbocycles. The smallest absolute Gasteiger partial charge is 0.303 e. The van der Waals surface area contributed by atoms with Crippen LogP contribution in [0.15, 0.2) is 69.3 Å². The first-order valence-corrected chi connectivity index (χ1v) is 9.71. The lowest BCUT2D eigenvalue weighted by Crippen LogP contribution is -2.29. The Morgan fingerprint density at radius 2 is 1.97 bits per heavy atom. The average Bonchev–Trinajstić information content (AvgIpc) is 3.16. The molecule has 0 saturated heterocycles. The number of anilines is 1. The van der Waals surface area contributed by atoms with Crippen molar-refractivity contribution in [2.24, 2.45) is 12.1 Å². The fourth-order valence-corrected chi connectivity index (χ4v) is 3.31. The Morgan fingerprint density at radius 3 is 2.72 bits per heavy atom. The number of imidazole rings is 1. The maximum Gasteiger partial charge on any atom is 0.329 e. The zero-order valence-corrected chi connectivity index (χ0v) is 17.1. The maximum absolute atomic E-state index is 12.5. The maximum atomic E-state index is 12.5. The molecule has 32 heavy (non-hydrogen) atoms. The molecule has 2 N–H and O–H groups in total. The quantitative estimate of drug-likeness (QED) is 0.260. The average molecular weight is 433 g/mol. The lowest BCUT2D eigenvalue weighted by molar-refractivity contribution is -0.384. The van der Waals surface area contributed by atoms with E-state index >= 15 is 0 Å². The first-order chi connectivity index (χ1) is 15.4. The van der Waals surface area contributed by atoms with Crippen LogP contribution in [0.25, 0.3) is 11.2 Å². The highest BCUT2D eigenvalue weighted by Gasteiger charge is 2.17. The molecule has 0 bridgehead atoms. The number of H-pyrrole nitrogens is 1. The third-order valence-electron chi connectivity index (χ3n) is 4.93. The summed E-state index contributed by atoms with van der Waals surface area (Å²) in [5.74, 6) is 0.268. The molecule has 162 valence electrons. The molecule has 0 amide bonds. The van der Waals surface area contributed by atoms with Crippen LogP contribution in [0.2, 0.25) is 0 Å². The van der Waals surface area contributed by atoms with Gasteiger partial charge in [-0.1, -0.05) is 42.5 Å². The summed E-state index contributed by atoms with van der Waals surface area (Å²) in [6.45, 7) is 0.413. The second-order valence-corrected chi connectivity index (χ2v) is 7.04. The van der Waals surface area contributed by atoms with Crippen LogP contribution < -0.4 is 16.7 Å². The number of benzene rings is 2. The van der Waals surface area contributed by atoms with E-state index in [9.17, 15) is 19.7 Å². The van der Waals surface area contributed by atoms with Crippen molar-refractivity contribution in [3.8, 4) is 0 Å². The van der Waals surface area contributed by atoms with Crippen LogP contribution in [-0.2, 0) is 20.0 Å². The van der Waals surface area contributed by atoms with E-state index in [0.29, 0.717) is 18.5 Å². The number of hydrazone groups is 1. The molecule has 2 aromatic heterocycles. The zero-order chi connectivity index (χ0) is 22.7. The Labute approximate surface area is 180 Å². The van der Waals surface area contributed by atoms with E-state index in [2.05, 4.69) is 20.5 Å². The number of nitrogens with zero attached hydrogens (tertiary/aromatic N) is 5. The van der Waals surface area contributed by atoms with Gasteiger partial charge in [-0.3, -0.25) is 24.5 Å². The molecule has 0 unspecified atom stereocenters. The van der Waals surface area contributed by atoms with Crippen LogP contribution >= 0.6 is 0 Å². The van der Waals surface area contributed by atoms with Crippen LogP contribution in [0, 0.1) is 10.1 Å². The van der Waals surface area contributed by atoms with E-state index in [1.807, 2.05) is 30.3 Å². The molecule has 0 aliphatic heterocycles. The van der Waals surface area contributed by atoms with Gasteiger partial charge >= 0.3 is 5.69 Å². The number of aryl methyl sites for hydroxylation is 3. The summed E-state index contributed by atoms with van der Waals surface area (Å²) < 4.78 is 2.91. The largest absolute Gasteiger partial charge is 0.329 e. The predicted octanol–water partition coefficient (Wildman–Crippen LogP) is 2.02. The number of nitro benzene ring substituents is 1.